The van der Waals surface area contributed by atoms with Crippen molar-refractivity contribution >= 4 is 11.8 Å². The first kappa shape index (κ1) is 15.0. The summed E-state index contributed by atoms with van der Waals surface area (Å²) in [5.41, 5.74) is 10.7. The van der Waals surface area contributed by atoms with Gasteiger partial charge in [-0.2, -0.15) is 0 Å². The molecule has 0 saturated heterocycles. The number of hydrogen-bond donors (Lipinski definition) is 2. The van der Waals surface area contributed by atoms with E-state index in [-0.39, 0.29) is 30.0 Å². The van der Waals surface area contributed by atoms with Crippen LogP contribution in [-0.4, -0.2) is 24.4 Å². The van der Waals surface area contributed by atoms with Crippen molar-refractivity contribution in [3.63, 3.8) is 0 Å². The summed E-state index contributed by atoms with van der Waals surface area (Å²) in [5.74, 6) is -1.34. The van der Waals surface area contributed by atoms with Gasteiger partial charge in [-0.3, -0.25) is 4.79 Å². The van der Waals surface area contributed by atoms with Crippen LogP contribution in [0.15, 0.2) is 6.07 Å². The number of carbonyl (C=O) groups is 1. The van der Waals surface area contributed by atoms with Gasteiger partial charge in [0.25, 0.3) is 0 Å². The Morgan fingerprint density at radius 1 is 1.47 bits per heavy atom. The van der Waals surface area contributed by atoms with Gasteiger partial charge in [0.2, 0.25) is 0 Å². The van der Waals surface area contributed by atoms with E-state index in [4.69, 9.17) is 11.5 Å². The molecule has 0 aliphatic carbocycles. The third-order valence-electron chi connectivity index (χ3n) is 2.16. The van der Waals surface area contributed by atoms with Gasteiger partial charge in [0.05, 0.1) is 19.2 Å². The minimum absolute atomic E-state index is 0.0725. The van der Waals surface area contributed by atoms with Crippen LogP contribution in [0.4, 0.5) is 19.0 Å². The second-order valence-corrected chi connectivity index (χ2v) is 3.48. The average Bonchev–Trinajstić information content (AvgIpc) is 2.30. The van der Waals surface area contributed by atoms with Gasteiger partial charge in [-0.25, -0.2) is 4.98 Å². The highest BCUT2D eigenvalue weighted by atomic mass is 19.4. The van der Waals surface area contributed by atoms with Crippen LogP contribution in [0, 0.1) is 0 Å². The van der Waals surface area contributed by atoms with E-state index in [1.807, 2.05) is 0 Å². The van der Waals surface area contributed by atoms with Crippen molar-refractivity contribution in [3.8, 4) is 5.75 Å². The third-order valence-corrected chi connectivity index (χ3v) is 2.16. The molecule has 0 amide bonds. The summed E-state index contributed by atoms with van der Waals surface area (Å²) >= 11 is 0. The van der Waals surface area contributed by atoms with Crippen molar-refractivity contribution in [2.75, 3.05) is 12.8 Å². The zero-order chi connectivity index (χ0) is 14.6. The Kier molecular flexibility index (Phi) is 4.54. The van der Waals surface area contributed by atoms with E-state index in [2.05, 4.69) is 14.5 Å². The molecule has 0 saturated carbocycles. The van der Waals surface area contributed by atoms with Gasteiger partial charge in [-0.05, 0) is 6.07 Å². The van der Waals surface area contributed by atoms with Crippen molar-refractivity contribution in [2.45, 2.75) is 19.3 Å². The molecule has 0 bridgehead atoms. The Hall–Kier alpha value is -2.03. The molecule has 0 aliphatic heterocycles. The van der Waals surface area contributed by atoms with E-state index < -0.39 is 18.1 Å². The standard InChI is InChI=1S/C10H12F3N3O3/c1-18-8(17)3-5-2-7(19-10(11,12)13)6(4-14)16-9(5)15/h2H,3-4,14H2,1H3,(H2,15,16). The summed E-state index contributed by atoms with van der Waals surface area (Å²) < 4.78 is 44.8. The van der Waals surface area contributed by atoms with E-state index >= 15 is 0 Å². The lowest BCUT2D eigenvalue weighted by atomic mass is 10.1. The molecule has 0 radical (unpaired) electrons. The smallest absolute Gasteiger partial charge is 0.469 e. The van der Waals surface area contributed by atoms with E-state index in [1.54, 1.807) is 0 Å². The van der Waals surface area contributed by atoms with Crippen molar-refractivity contribution in [1.29, 1.82) is 0 Å². The van der Waals surface area contributed by atoms with Gasteiger partial charge in [-0.15, -0.1) is 13.2 Å². The fourth-order valence-corrected chi connectivity index (χ4v) is 1.32. The second-order valence-electron chi connectivity index (χ2n) is 3.48. The molecule has 0 fully saturated rings. The highest BCUT2D eigenvalue weighted by Crippen LogP contribution is 2.28. The molecule has 1 aromatic rings. The van der Waals surface area contributed by atoms with Gasteiger partial charge in [-0.1, -0.05) is 0 Å². The summed E-state index contributed by atoms with van der Waals surface area (Å²) in [6, 6.07) is 0.981. The van der Waals surface area contributed by atoms with Crippen LogP contribution in [0.3, 0.4) is 0 Å². The topological polar surface area (TPSA) is 100 Å². The fourth-order valence-electron chi connectivity index (χ4n) is 1.32. The van der Waals surface area contributed by atoms with Crippen LogP contribution in [0.1, 0.15) is 11.3 Å². The summed E-state index contributed by atoms with van der Waals surface area (Å²) in [6.07, 6.45) is -5.20. The number of rotatable bonds is 4. The summed E-state index contributed by atoms with van der Waals surface area (Å²) in [7, 11) is 1.15. The highest BCUT2D eigenvalue weighted by Gasteiger charge is 2.32. The zero-order valence-corrected chi connectivity index (χ0v) is 9.95. The predicted octanol–water partition coefficient (Wildman–Crippen LogP) is 0.737. The molecule has 0 spiro atoms. The van der Waals surface area contributed by atoms with Crippen LogP contribution in [0.25, 0.3) is 0 Å². The number of esters is 1. The molecule has 4 N–H and O–H groups in total. The number of methoxy groups -OCH3 is 1. The van der Waals surface area contributed by atoms with Crippen molar-refractivity contribution < 1.29 is 27.4 Å². The minimum Gasteiger partial charge on any atom is -0.469 e. The van der Waals surface area contributed by atoms with Crippen molar-refractivity contribution in [1.82, 2.24) is 4.98 Å². The van der Waals surface area contributed by atoms with E-state index in [0.717, 1.165) is 13.2 Å². The molecule has 0 unspecified atom stereocenters. The third kappa shape index (κ3) is 4.28. The Balaban J connectivity index is 3.14. The molecule has 19 heavy (non-hydrogen) atoms. The number of nitrogens with zero attached hydrogens (tertiary/aromatic N) is 1. The monoisotopic (exact) mass is 279 g/mol. The Bertz CT molecular complexity index is 477. The number of pyridine rings is 1. The predicted molar refractivity (Wildman–Crippen MR) is 58.9 cm³/mol. The number of carbonyl (C=O) groups excluding carboxylic acids is 1. The second kappa shape index (κ2) is 5.74. The maximum Gasteiger partial charge on any atom is 0.573 e. The summed E-state index contributed by atoms with van der Waals surface area (Å²) in [5, 5.41) is 0. The van der Waals surface area contributed by atoms with Crippen LogP contribution in [-0.2, 0) is 22.5 Å². The number of alkyl halides is 3. The van der Waals surface area contributed by atoms with Crippen LogP contribution < -0.4 is 16.2 Å². The van der Waals surface area contributed by atoms with Gasteiger partial charge in [0.1, 0.15) is 5.82 Å². The fraction of sp³-hybridized carbons (Fsp3) is 0.400. The van der Waals surface area contributed by atoms with E-state index in [1.165, 1.54) is 0 Å². The molecular formula is C10H12F3N3O3. The maximum absolute atomic E-state index is 12.2. The van der Waals surface area contributed by atoms with Crippen LogP contribution >= 0.6 is 0 Å². The number of ether oxygens (including phenoxy) is 2. The van der Waals surface area contributed by atoms with Gasteiger partial charge in [0.15, 0.2) is 5.75 Å². The number of nitrogens with two attached hydrogens (primary N) is 2. The van der Waals surface area contributed by atoms with Crippen molar-refractivity contribution in [2.24, 2.45) is 5.73 Å². The molecule has 0 aliphatic rings. The lowest BCUT2D eigenvalue weighted by molar-refractivity contribution is -0.275. The quantitative estimate of drug-likeness (QED) is 0.788. The maximum atomic E-state index is 12.2. The summed E-state index contributed by atoms with van der Waals surface area (Å²) in [6.45, 7) is -0.284. The number of halogens is 3. The Morgan fingerprint density at radius 3 is 2.58 bits per heavy atom. The molecule has 1 heterocycles. The molecular weight excluding hydrogens is 267 g/mol. The SMILES string of the molecule is COC(=O)Cc1cc(OC(F)(F)F)c(CN)nc1N. The molecule has 6 nitrogen and oxygen atoms in total. The van der Waals surface area contributed by atoms with Gasteiger partial charge in [0, 0.05) is 12.1 Å². The minimum atomic E-state index is -4.88. The van der Waals surface area contributed by atoms with Crippen molar-refractivity contribution in [3.05, 3.63) is 17.3 Å². The lowest BCUT2D eigenvalue weighted by Gasteiger charge is -2.14. The average molecular weight is 279 g/mol. The number of anilines is 1. The van der Waals surface area contributed by atoms with Gasteiger partial charge < -0.3 is 20.9 Å². The Labute approximate surface area is 106 Å². The summed E-state index contributed by atoms with van der Waals surface area (Å²) in [4.78, 5) is 14.8. The van der Waals surface area contributed by atoms with Crippen LogP contribution in [0.5, 0.6) is 5.75 Å². The first-order valence-electron chi connectivity index (χ1n) is 5.07. The number of aromatic nitrogens is 1. The molecule has 0 aromatic carbocycles. The van der Waals surface area contributed by atoms with E-state index in [9.17, 15) is 18.0 Å². The molecule has 106 valence electrons. The zero-order valence-electron chi connectivity index (χ0n) is 9.95. The molecule has 9 heteroatoms. The molecule has 1 aromatic heterocycles. The number of nitrogen functional groups attached to an aromatic ring is 1. The first-order valence-corrected chi connectivity index (χ1v) is 5.07. The number of hydrogen-bond acceptors (Lipinski definition) is 6. The largest absolute Gasteiger partial charge is 0.573 e. The normalized spacial score (nSPS) is 11.2. The highest BCUT2D eigenvalue weighted by molar-refractivity contribution is 5.74. The van der Waals surface area contributed by atoms with Crippen LogP contribution in [0.2, 0.25) is 0 Å². The molecule has 1 rings (SSSR count). The van der Waals surface area contributed by atoms with Gasteiger partial charge >= 0.3 is 12.3 Å². The Morgan fingerprint density at radius 2 is 2.11 bits per heavy atom. The first-order chi connectivity index (χ1) is 8.76. The molecule has 0 atom stereocenters. The lowest BCUT2D eigenvalue weighted by Crippen LogP contribution is -2.20. The van der Waals surface area contributed by atoms with E-state index in [0.29, 0.717) is 0 Å².